The quantitative estimate of drug-likeness (QED) is 0.720. The molecular weight excluding hydrogens is 348 g/mol. The maximum absolute atomic E-state index is 6.22. The van der Waals surface area contributed by atoms with E-state index < -0.39 is 0 Å². The zero-order chi connectivity index (χ0) is 17.5. The number of halogens is 1. The van der Waals surface area contributed by atoms with Gasteiger partial charge in [0.15, 0.2) is 5.89 Å². The number of fused-ring (bicyclic) bond motifs is 3. The van der Waals surface area contributed by atoms with Gasteiger partial charge in [-0.05, 0) is 49.4 Å². The lowest BCUT2D eigenvalue weighted by Crippen LogP contribution is -2.16. The van der Waals surface area contributed by atoms with E-state index in [1.54, 1.807) is 12.5 Å². The van der Waals surface area contributed by atoms with Gasteiger partial charge in [-0.1, -0.05) is 11.6 Å². The molecule has 1 fully saturated rings. The van der Waals surface area contributed by atoms with Gasteiger partial charge in [0.1, 0.15) is 12.1 Å². The van der Waals surface area contributed by atoms with Gasteiger partial charge in [-0.3, -0.25) is 4.57 Å². The Morgan fingerprint density at radius 2 is 1.92 bits per heavy atom. The van der Waals surface area contributed by atoms with Crippen LogP contribution < -0.4 is 5.32 Å². The van der Waals surface area contributed by atoms with Crippen molar-refractivity contribution in [3.8, 4) is 5.69 Å². The van der Waals surface area contributed by atoms with E-state index in [9.17, 15) is 0 Å². The third kappa shape index (κ3) is 2.75. The van der Waals surface area contributed by atoms with Crippen molar-refractivity contribution < 1.29 is 4.42 Å². The minimum absolute atomic E-state index is 0.445. The highest BCUT2D eigenvalue weighted by Gasteiger charge is 2.29. The number of nitrogens with zero attached hydrogens (tertiary/aromatic N) is 3. The van der Waals surface area contributed by atoms with Gasteiger partial charge in [-0.15, -0.1) is 0 Å². The standard InChI is InChI=1S/C20H21ClN4O/c21-16-5-6-17-15(9-16)10-22-12-19-24-11-18(25(17)19)13-1-3-14(4-2-13)20-23-7-8-26-20/h5-9,11,13-14,22H,1-4,10,12H2. The van der Waals surface area contributed by atoms with Crippen LogP contribution in [0.2, 0.25) is 5.02 Å². The van der Waals surface area contributed by atoms with E-state index in [1.807, 2.05) is 6.07 Å². The van der Waals surface area contributed by atoms with Crippen LogP contribution in [-0.2, 0) is 13.1 Å². The van der Waals surface area contributed by atoms with Crippen LogP contribution in [-0.4, -0.2) is 14.5 Å². The maximum atomic E-state index is 6.22. The van der Waals surface area contributed by atoms with E-state index in [-0.39, 0.29) is 0 Å². The normalized spacial score (nSPS) is 22.5. The summed E-state index contributed by atoms with van der Waals surface area (Å²) >= 11 is 6.22. The van der Waals surface area contributed by atoms with Gasteiger partial charge in [0.25, 0.3) is 0 Å². The molecule has 5 rings (SSSR count). The molecule has 1 aliphatic heterocycles. The summed E-state index contributed by atoms with van der Waals surface area (Å²) in [6, 6.07) is 6.15. The fourth-order valence-electron chi connectivity index (χ4n) is 4.39. The van der Waals surface area contributed by atoms with Crippen molar-refractivity contribution in [3.05, 3.63) is 64.9 Å². The lowest BCUT2D eigenvalue weighted by Gasteiger charge is -2.28. The molecule has 3 heterocycles. The van der Waals surface area contributed by atoms with Gasteiger partial charge < -0.3 is 9.73 Å². The summed E-state index contributed by atoms with van der Waals surface area (Å²) < 4.78 is 7.86. The lowest BCUT2D eigenvalue weighted by molar-refractivity contribution is 0.334. The third-order valence-corrected chi connectivity index (χ3v) is 5.92. The fourth-order valence-corrected chi connectivity index (χ4v) is 4.59. The first-order valence-corrected chi connectivity index (χ1v) is 9.63. The summed E-state index contributed by atoms with van der Waals surface area (Å²) in [5.74, 6) is 2.93. The lowest BCUT2D eigenvalue weighted by atomic mass is 9.80. The van der Waals surface area contributed by atoms with Gasteiger partial charge in [0.05, 0.1) is 18.4 Å². The fraction of sp³-hybridized carbons (Fsp3) is 0.400. The molecule has 0 saturated heterocycles. The van der Waals surface area contributed by atoms with Crippen LogP contribution in [0.3, 0.4) is 0 Å². The van der Waals surface area contributed by atoms with Crippen molar-refractivity contribution in [1.82, 2.24) is 19.9 Å². The van der Waals surface area contributed by atoms with Crippen LogP contribution in [0, 0.1) is 0 Å². The Labute approximate surface area is 157 Å². The molecule has 1 aliphatic carbocycles. The zero-order valence-electron chi connectivity index (χ0n) is 14.5. The number of hydrogen-bond donors (Lipinski definition) is 1. The van der Waals surface area contributed by atoms with Gasteiger partial charge in [-0.25, -0.2) is 9.97 Å². The molecule has 2 aliphatic rings. The molecule has 0 unspecified atom stereocenters. The first kappa shape index (κ1) is 16.1. The Balaban J connectivity index is 1.46. The molecule has 0 spiro atoms. The van der Waals surface area contributed by atoms with Crippen molar-refractivity contribution in [1.29, 1.82) is 0 Å². The average Bonchev–Trinajstić information content (AvgIpc) is 3.30. The predicted octanol–water partition coefficient (Wildman–Crippen LogP) is 4.56. The number of benzene rings is 1. The summed E-state index contributed by atoms with van der Waals surface area (Å²) in [5.41, 5.74) is 3.75. The maximum Gasteiger partial charge on any atom is 0.197 e. The summed E-state index contributed by atoms with van der Waals surface area (Å²) in [6.07, 6.45) is 9.97. The molecule has 0 radical (unpaired) electrons. The van der Waals surface area contributed by atoms with E-state index in [1.165, 1.54) is 16.9 Å². The smallest absolute Gasteiger partial charge is 0.197 e. The third-order valence-electron chi connectivity index (χ3n) is 5.69. The molecule has 0 amide bonds. The van der Waals surface area contributed by atoms with Crippen LogP contribution >= 0.6 is 11.6 Å². The van der Waals surface area contributed by atoms with E-state index in [0.717, 1.165) is 55.5 Å². The van der Waals surface area contributed by atoms with E-state index >= 15 is 0 Å². The SMILES string of the molecule is Clc1ccc2c(c1)CNCc1ncc(C3CCC(c4ncco4)CC3)n1-2. The summed E-state index contributed by atoms with van der Waals surface area (Å²) in [5, 5.41) is 4.25. The van der Waals surface area contributed by atoms with Gasteiger partial charge in [0.2, 0.25) is 0 Å². The number of oxazole rings is 1. The number of aromatic nitrogens is 3. The Hall–Kier alpha value is -2.11. The number of hydrogen-bond acceptors (Lipinski definition) is 4. The molecule has 2 aromatic heterocycles. The topological polar surface area (TPSA) is 55.9 Å². The molecule has 134 valence electrons. The number of nitrogens with one attached hydrogen (secondary N) is 1. The molecule has 5 nitrogen and oxygen atoms in total. The highest BCUT2D eigenvalue weighted by molar-refractivity contribution is 6.30. The first-order valence-electron chi connectivity index (χ1n) is 9.25. The zero-order valence-corrected chi connectivity index (χ0v) is 15.2. The van der Waals surface area contributed by atoms with Crippen LogP contribution in [0.15, 0.2) is 41.3 Å². The molecular formula is C20H21ClN4O. The molecule has 26 heavy (non-hydrogen) atoms. The number of imidazole rings is 1. The van der Waals surface area contributed by atoms with Crippen molar-refractivity contribution in [3.63, 3.8) is 0 Å². The Morgan fingerprint density at radius 1 is 1.08 bits per heavy atom. The second-order valence-corrected chi connectivity index (χ2v) is 7.67. The number of rotatable bonds is 2. The van der Waals surface area contributed by atoms with E-state index in [4.69, 9.17) is 21.0 Å². The summed E-state index contributed by atoms with van der Waals surface area (Å²) in [6.45, 7) is 1.59. The van der Waals surface area contributed by atoms with Crippen molar-refractivity contribution in [2.24, 2.45) is 0 Å². The molecule has 3 aromatic rings. The predicted molar refractivity (Wildman–Crippen MR) is 99.6 cm³/mol. The Morgan fingerprint density at radius 3 is 2.73 bits per heavy atom. The van der Waals surface area contributed by atoms with Crippen LogP contribution in [0.1, 0.15) is 60.5 Å². The van der Waals surface area contributed by atoms with E-state index in [2.05, 4.69) is 33.2 Å². The first-order chi connectivity index (χ1) is 12.8. The van der Waals surface area contributed by atoms with E-state index in [0.29, 0.717) is 11.8 Å². The van der Waals surface area contributed by atoms with Crippen molar-refractivity contribution in [2.75, 3.05) is 0 Å². The van der Waals surface area contributed by atoms with Crippen molar-refractivity contribution in [2.45, 2.75) is 50.6 Å². The average molecular weight is 369 g/mol. The molecule has 6 heteroatoms. The highest BCUT2D eigenvalue weighted by atomic mass is 35.5. The summed E-state index contributed by atoms with van der Waals surface area (Å²) in [7, 11) is 0. The highest BCUT2D eigenvalue weighted by Crippen LogP contribution is 2.41. The van der Waals surface area contributed by atoms with Crippen LogP contribution in [0.25, 0.3) is 5.69 Å². The Kier molecular flexibility index (Phi) is 4.06. The summed E-state index contributed by atoms with van der Waals surface area (Å²) in [4.78, 5) is 9.06. The van der Waals surface area contributed by atoms with Crippen LogP contribution in [0.4, 0.5) is 0 Å². The monoisotopic (exact) mass is 368 g/mol. The molecule has 1 saturated carbocycles. The molecule has 1 N–H and O–H groups in total. The van der Waals surface area contributed by atoms with Gasteiger partial charge in [0, 0.05) is 35.3 Å². The Bertz CT molecular complexity index is 910. The largest absolute Gasteiger partial charge is 0.449 e. The van der Waals surface area contributed by atoms with Crippen molar-refractivity contribution >= 4 is 11.6 Å². The van der Waals surface area contributed by atoms with Crippen LogP contribution in [0.5, 0.6) is 0 Å². The minimum atomic E-state index is 0.445. The molecule has 0 bridgehead atoms. The van der Waals surface area contributed by atoms with Gasteiger partial charge >= 0.3 is 0 Å². The van der Waals surface area contributed by atoms with Gasteiger partial charge in [-0.2, -0.15) is 0 Å². The molecule has 0 atom stereocenters. The second-order valence-electron chi connectivity index (χ2n) is 7.23. The minimum Gasteiger partial charge on any atom is -0.449 e. The molecule has 1 aromatic carbocycles. The second kappa shape index (κ2) is 6.56.